The first-order valence-corrected chi connectivity index (χ1v) is 13.2. The van der Waals surface area contributed by atoms with Gasteiger partial charge in [-0.3, -0.25) is 14.8 Å². The van der Waals surface area contributed by atoms with Crippen LogP contribution in [0.15, 0.2) is 72.1 Å². The Balaban J connectivity index is 1.40. The number of amides is 1. The van der Waals surface area contributed by atoms with Crippen molar-refractivity contribution in [2.45, 2.75) is 24.2 Å². The summed E-state index contributed by atoms with van der Waals surface area (Å²) in [5.74, 6) is 0.0533. The number of carbonyl (C=O) groups is 1. The third-order valence-corrected chi connectivity index (χ3v) is 7.80. The molecule has 0 radical (unpaired) electrons. The third-order valence-electron chi connectivity index (χ3n) is 6.31. The molecular weight excluding hydrogens is 476 g/mol. The Morgan fingerprint density at radius 3 is 2.58 bits per heavy atom. The van der Waals surface area contributed by atoms with Gasteiger partial charge in [0.2, 0.25) is 15.9 Å². The second-order valence-corrected chi connectivity index (χ2v) is 10.4. The Morgan fingerprint density at radius 1 is 0.972 bits per heavy atom. The highest BCUT2D eigenvalue weighted by molar-refractivity contribution is 7.89. The smallest absolute Gasteiger partial charge is 0.244 e. The minimum absolute atomic E-state index is 0.0686. The summed E-state index contributed by atoms with van der Waals surface area (Å²) in [5.41, 5.74) is 10.2. The van der Waals surface area contributed by atoms with E-state index in [9.17, 15) is 13.2 Å². The second-order valence-electron chi connectivity index (χ2n) is 8.67. The van der Waals surface area contributed by atoms with E-state index in [-0.39, 0.29) is 23.2 Å². The molecule has 1 aromatic carbocycles. The molecule has 1 fully saturated rings. The molecule has 3 aromatic heterocycles. The van der Waals surface area contributed by atoms with Gasteiger partial charge in [0.25, 0.3) is 0 Å². The van der Waals surface area contributed by atoms with Crippen molar-refractivity contribution >= 4 is 32.7 Å². The molecular formula is C26H26N6O3S. The van der Waals surface area contributed by atoms with Gasteiger partial charge in [0.05, 0.1) is 5.52 Å². The van der Waals surface area contributed by atoms with Crippen LogP contribution in [0, 0.1) is 0 Å². The zero-order valence-electron chi connectivity index (χ0n) is 19.6. The van der Waals surface area contributed by atoms with Gasteiger partial charge in [-0.2, -0.15) is 0 Å². The number of rotatable bonds is 8. The van der Waals surface area contributed by atoms with Crippen LogP contribution in [0.3, 0.4) is 0 Å². The maximum atomic E-state index is 13.0. The molecule has 9 nitrogen and oxygen atoms in total. The molecule has 36 heavy (non-hydrogen) atoms. The number of carbonyl (C=O) groups excluding carboxylic acids is 1. The second kappa shape index (κ2) is 10.00. The highest BCUT2D eigenvalue weighted by Gasteiger charge is 2.22. The van der Waals surface area contributed by atoms with E-state index in [4.69, 9.17) is 5.73 Å². The first-order chi connectivity index (χ1) is 17.4. The van der Waals surface area contributed by atoms with Crippen LogP contribution in [-0.4, -0.2) is 53.8 Å². The number of aromatic nitrogens is 3. The molecule has 5 rings (SSSR count). The molecule has 0 unspecified atom stereocenters. The first kappa shape index (κ1) is 23.8. The largest absolute Gasteiger partial charge is 0.383 e. The van der Waals surface area contributed by atoms with Crippen molar-refractivity contribution in [3.05, 3.63) is 67.3 Å². The molecule has 1 aliphatic heterocycles. The SMILES string of the molecule is Nc1ncc(-c2ccc3nccc(-c4ccncc4)c3c2)cc1S(=O)(=O)NCCCN1CCCC1=O. The summed E-state index contributed by atoms with van der Waals surface area (Å²) < 4.78 is 28.6. The number of nitrogens with one attached hydrogen (secondary N) is 1. The van der Waals surface area contributed by atoms with Crippen LogP contribution < -0.4 is 10.5 Å². The molecule has 1 amide bonds. The Kier molecular flexibility index (Phi) is 6.62. The Hall–Kier alpha value is -3.89. The normalized spacial score (nSPS) is 14.0. The van der Waals surface area contributed by atoms with E-state index in [1.54, 1.807) is 29.7 Å². The van der Waals surface area contributed by atoms with Gasteiger partial charge in [-0.1, -0.05) is 6.07 Å². The molecule has 0 saturated carbocycles. The van der Waals surface area contributed by atoms with Crippen molar-refractivity contribution in [2.24, 2.45) is 0 Å². The monoisotopic (exact) mass is 502 g/mol. The molecule has 0 spiro atoms. The predicted octanol–water partition coefficient (Wildman–Crippen LogP) is 3.23. The van der Waals surface area contributed by atoms with E-state index in [2.05, 4.69) is 19.7 Å². The summed E-state index contributed by atoms with van der Waals surface area (Å²) in [6.45, 7) is 1.46. The van der Waals surface area contributed by atoms with Crippen LogP contribution in [0.2, 0.25) is 0 Å². The number of likely N-dealkylation sites (tertiary alicyclic amines) is 1. The summed E-state index contributed by atoms with van der Waals surface area (Å²) in [6.07, 6.45) is 8.75. The lowest BCUT2D eigenvalue weighted by atomic mass is 9.98. The van der Waals surface area contributed by atoms with E-state index < -0.39 is 10.0 Å². The zero-order chi connectivity index (χ0) is 25.1. The highest BCUT2D eigenvalue weighted by atomic mass is 32.2. The quantitative estimate of drug-likeness (QED) is 0.354. The minimum atomic E-state index is -3.88. The molecule has 0 atom stereocenters. The summed E-state index contributed by atoms with van der Waals surface area (Å²) in [5, 5.41) is 0.928. The number of pyridine rings is 3. The van der Waals surface area contributed by atoms with E-state index in [1.807, 2.05) is 36.4 Å². The lowest BCUT2D eigenvalue weighted by Gasteiger charge is -2.15. The number of nitrogens with two attached hydrogens (primary N) is 1. The van der Waals surface area contributed by atoms with Gasteiger partial charge in [-0.05, 0) is 65.9 Å². The summed E-state index contributed by atoms with van der Waals surface area (Å²) in [4.78, 5) is 26.2. The van der Waals surface area contributed by atoms with Gasteiger partial charge < -0.3 is 10.6 Å². The summed E-state index contributed by atoms with van der Waals surface area (Å²) in [7, 11) is -3.88. The van der Waals surface area contributed by atoms with Crippen LogP contribution in [0.25, 0.3) is 33.2 Å². The number of anilines is 1. The standard InChI is InChI=1S/C26H26N6O3S/c27-26-24(36(34,35)31-9-2-14-32-13-1-3-25(32)33)16-20(17-30-26)19-4-5-23-22(15-19)21(8-12-29-23)18-6-10-28-11-7-18/h4-8,10-12,15-17,31H,1-3,9,13-14H2,(H2,27,30). The number of hydrogen-bond acceptors (Lipinski definition) is 7. The predicted molar refractivity (Wildman–Crippen MR) is 138 cm³/mol. The number of nitrogen functional groups attached to an aromatic ring is 1. The maximum Gasteiger partial charge on any atom is 0.244 e. The molecule has 0 aliphatic carbocycles. The number of fused-ring (bicyclic) bond motifs is 1. The van der Waals surface area contributed by atoms with Gasteiger partial charge in [-0.25, -0.2) is 18.1 Å². The lowest BCUT2D eigenvalue weighted by molar-refractivity contribution is -0.127. The molecule has 3 N–H and O–H groups in total. The van der Waals surface area contributed by atoms with Gasteiger partial charge in [-0.15, -0.1) is 0 Å². The number of benzene rings is 1. The average molecular weight is 503 g/mol. The summed E-state index contributed by atoms with van der Waals surface area (Å²) >= 11 is 0. The van der Waals surface area contributed by atoms with Crippen molar-refractivity contribution in [2.75, 3.05) is 25.4 Å². The summed E-state index contributed by atoms with van der Waals surface area (Å²) in [6, 6.07) is 13.1. The van der Waals surface area contributed by atoms with Crippen LogP contribution in [0.1, 0.15) is 19.3 Å². The number of hydrogen-bond donors (Lipinski definition) is 2. The average Bonchev–Trinajstić information content (AvgIpc) is 3.31. The zero-order valence-corrected chi connectivity index (χ0v) is 20.4. The van der Waals surface area contributed by atoms with Crippen molar-refractivity contribution in [1.82, 2.24) is 24.6 Å². The number of nitrogens with zero attached hydrogens (tertiary/aromatic N) is 4. The molecule has 0 bridgehead atoms. The van der Waals surface area contributed by atoms with E-state index >= 15 is 0 Å². The van der Waals surface area contributed by atoms with Gasteiger partial charge >= 0.3 is 0 Å². The minimum Gasteiger partial charge on any atom is -0.383 e. The first-order valence-electron chi connectivity index (χ1n) is 11.7. The Labute approximate surface area is 209 Å². The van der Waals surface area contributed by atoms with Crippen LogP contribution in [0.4, 0.5) is 5.82 Å². The Morgan fingerprint density at radius 2 is 1.81 bits per heavy atom. The van der Waals surface area contributed by atoms with Crippen molar-refractivity contribution in [3.8, 4) is 22.3 Å². The molecule has 1 aliphatic rings. The van der Waals surface area contributed by atoms with E-state index in [1.165, 1.54) is 6.07 Å². The fraction of sp³-hybridized carbons (Fsp3) is 0.231. The van der Waals surface area contributed by atoms with Crippen molar-refractivity contribution in [3.63, 3.8) is 0 Å². The van der Waals surface area contributed by atoms with Gasteiger partial charge in [0.15, 0.2) is 0 Å². The van der Waals surface area contributed by atoms with Crippen molar-refractivity contribution < 1.29 is 13.2 Å². The lowest BCUT2D eigenvalue weighted by Crippen LogP contribution is -2.31. The molecule has 184 valence electrons. The fourth-order valence-electron chi connectivity index (χ4n) is 4.43. The fourth-order valence-corrected chi connectivity index (χ4v) is 5.61. The molecule has 1 saturated heterocycles. The van der Waals surface area contributed by atoms with Gasteiger partial charge in [0, 0.05) is 61.8 Å². The highest BCUT2D eigenvalue weighted by Crippen LogP contribution is 2.32. The maximum absolute atomic E-state index is 13.0. The van der Waals surface area contributed by atoms with Crippen LogP contribution in [0.5, 0.6) is 0 Å². The molecule has 4 aromatic rings. The van der Waals surface area contributed by atoms with Crippen molar-refractivity contribution in [1.29, 1.82) is 0 Å². The Bertz CT molecular complexity index is 1530. The third kappa shape index (κ3) is 4.91. The van der Waals surface area contributed by atoms with Crippen LogP contribution >= 0.6 is 0 Å². The topological polar surface area (TPSA) is 131 Å². The van der Waals surface area contributed by atoms with E-state index in [0.717, 1.165) is 40.6 Å². The van der Waals surface area contributed by atoms with Gasteiger partial charge in [0.1, 0.15) is 10.7 Å². The molecule has 10 heteroatoms. The molecule has 4 heterocycles. The van der Waals surface area contributed by atoms with Crippen LogP contribution in [-0.2, 0) is 14.8 Å². The van der Waals surface area contributed by atoms with E-state index in [0.29, 0.717) is 24.9 Å². The number of sulfonamides is 1.